The second-order valence-electron chi connectivity index (χ2n) is 4.07. The van der Waals surface area contributed by atoms with Crippen molar-refractivity contribution in [3.63, 3.8) is 0 Å². The largest absolute Gasteiger partial charge is 0.269 e. The molecule has 0 N–H and O–H groups in total. The lowest BCUT2D eigenvalue weighted by Gasteiger charge is -2.27. The zero-order valence-electron chi connectivity index (χ0n) is 9.47. The molecule has 0 atom stereocenters. The molecule has 0 amide bonds. The van der Waals surface area contributed by atoms with Crippen LogP contribution in [0.15, 0.2) is 34.5 Å². The molecule has 0 saturated carbocycles. The Morgan fingerprint density at radius 2 is 1.94 bits per heavy atom. The standard InChI is InChI=1S/C12H11NO2S2/c1-8-7-16-11-9-5-3-4-6-10(9)13(2)17(14,15)12(8)11/h3-7H,1-2H3. The van der Waals surface area contributed by atoms with E-state index in [-0.39, 0.29) is 0 Å². The Balaban J connectivity index is 2.47. The molecule has 0 fully saturated rings. The first-order valence-corrected chi connectivity index (χ1v) is 7.52. The Bertz CT molecular complexity index is 701. The van der Waals surface area contributed by atoms with E-state index in [1.54, 1.807) is 7.05 Å². The third-order valence-corrected chi connectivity index (χ3v) is 6.24. The number of hydrogen-bond acceptors (Lipinski definition) is 3. The van der Waals surface area contributed by atoms with Crippen LogP contribution >= 0.6 is 11.3 Å². The number of anilines is 1. The Morgan fingerprint density at radius 1 is 1.24 bits per heavy atom. The minimum Gasteiger partial charge on any atom is -0.269 e. The zero-order chi connectivity index (χ0) is 12.2. The summed E-state index contributed by atoms with van der Waals surface area (Å²) < 4.78 is 26.1. The average Bonchev–Trinajstić information content (AvgIpc) is 2.70. The summed E-state index contributed by atoms with van der Waals surface area (Å²) in [5, 5.41) is 1.90. The molecule has 3 rings (SSSR count). The third kappa shape index (κ3) is 1.29. The van der Waals surface area contributed by atoms with Crippen LogP contribution in [0.4, 0.5) is 5.69 Å². The van der Waals surface area contributed by atoms with E-state index in [9.17, 15) is 8.42 Å². The van der Waals surface area contributed by atoms with Gasteiger partial charge in [-0.25, -0.2) is 8.42 Å². The van der Waals surface area contributed by atoms with Crippen LogP contribution in [0.2, 0.25) is 0 Å². The number of aryl methyl sites for hydroxylation is 1. The van der Waals surface area contributed by atoms with E-state index in [1.807, 2.05) is 36.6 Å². The van der Waals surface area contributed by atoms with E-state index in [0.29, 0.717) is 4.90 Å². The van der Waals surface area contributed by atoms with Gasteiger partial charge in [0, 0.05) is 12.6 Å². The van der Waals surface area contributed by atoms with Crippen molar-refractivity contribution in [2.24, 2.45) is 0 Å². The Morgan fingerprint density at radius 3 is 2.71 bits per heavy atom. The monoisotopic (exact) mass is 265 g/mol. The third-order valence-electron chi connectivity index (χ3n) is 3.02. The van der Waals surface area contributed by atoms with E-state index in [1.165, 1.54) is 15.6 Å². The van der Waals surface area contributed by atoms with Crippen LogP contribution < -0.4 is 4.31 Å². The van der Waals surface area contributed by atoms with E-state index in [2.05, 4.69) is 0 Å². The van der Waals surface area contributed by atoms with Gasteiger partial charge in [-0.1, -0.05) is 18.2 Å². The highest BCUT2D eigenvalue weighted by atomic mass is 32.2. The fourth-order valence-electron chi connectivity index (χ4n) is 2.15. The van der Waals surface area contributed by atoms with Crippen molar-refractivity contribution in [1.29, 1.82) is 0 Å². The number of para-hydroxylation sites is 1. The van der Waals surface area contributed by atoms with Crippen molar-refractivity contribution in [2.75, 3.05) is 11.4 Å². The van der Waals surface area contributed by atoms with Gasteiger partial charge < -0.3 is 0 Å². The first-order valence-electron chi connectivity index (χ1n) is 5.20. The van der Waals surface area contributed by atoms with Crippen molar-refractivity contribution < 1.29 is 8.42 Å². The van der Waals surface area contributed by atoms with Crippen LogP contribution in [0.25, 0.3) is 10.4 Å². The SMILES string of the molecule is Cc1csc2c1S(=O)(=O)N(C)c1ccccc1-2. The number of nitrogens with zero attached hydrogens (tertiary/aromatic N) is 1. The summed E-state index contributed by atoms with van der Waals surface area (Å²) in [5.74, 6) is 0. The summed E-state index contributed by atoms with van der Waals surface area (Å²) in [4.78, 5) is 1.32. The molecule has 0 radical (unpaired) electrons. The number of benzene rings is 1. The highest BCUT2D eigenvalue weighted by molar-refractivity contribution is 7.93. The molecule has 3 nitrogen and oxygen atoms in total. The number of rotatable bonds is 0. The molecule has 0 bridgehead atoms. The molecule has 1 aliphatic rings. The van der Waals surface area contributed by atoms with Crippen LogP contribution in [0.1, 0.15) is 5.56 Å². The lowest BCUT2D eigenvalue weighted by atomic mass is 10.1. The first-order chi connectivity index (χ1) is 8.03. The number of hydrogen-bond donors (Lipinski definition) is 0. The van der Waals surface area contributed by atoms with Gasteiger partial charge in [0.1, 0.15) is 4.90 Å². The smallest absolute Gasteiger partial charge is 0.265 e. The molecule has 17 heavy (non-hydrogen) atoms. The van der Waals surface area contributed by atoms with Crippen LogP contribution in [-0.2, 0) is 10.0 Å². The van der Waals surface area contributed by atoms with Crippen molar-refractivity contribution in [2.45, 2.75) is 11.8 Å². The second kappa shape index (κ2) is 3.34. The fourth-order valence-corrected chi connectivity index (χ4v) is 5.16. The van der Waals surface area contributed by atoms with Crippen molar-refractivity contribution >= 4 is 27.0 Å². The van der Waals surface area contributed by atoms with Gasteiger partial charge in [-0.05, 0) is 23.9 Å². The maximum atomic E-state index is 12.4. The maximum Gasteiger partial charge on any atom is 0.265 e. The van der Waals surface area contributed by atoms with Crippen LogP contribution in [0, 0.1) is 6.92 Å². The van der Waals surface area contributed by atoms with Gasteiger partial charge >= 0.3 is 0 Å². The molecule has 1 aromatic heterocycles. The van der Waals surface area contributed by atoms with Crippen molar-refractivity contribution in [3.8, 4) is 10.4 Å². The Kier molecular flexibility index (Phi) is 2.12. The van der Waals surface area contributed by atoms with Gasteiger partial charge in [0.05, 0.1) is 10.6 Å². The van der Waals surface area contributed by atoms with Gasteiger partial charge in [-0.2, -0.15) is 0 Å². The van der Waals surface area contributed by atoms with E-state index in [0.717, 1.165) is 21.7 Å². The summed E-state index contributed by atoms with van der Waals surface area (Å²) in [6, 6.07) is 7.60. The van der Waals surface area contributed by atoms with E-state index in [4.69, 9.17) is 0 Å². The predicted molar refractivity (Wildman–Crippen MR) is 70.1 cm³/mol. The second-order valence-corrected chi connectivity index (χ2v) is 6.85. The summed E-state index contributed by atoms with van der Waals surface area (Å²) in [7, 11) is -1.77. The van der Waals surface area contributed by atoms with Crippen LogP contribution in [0.5, 0.6) is 0 Å². The summed E-state index contributed by atoms with van der Waals surface area (Å²) in [6.45, 7) is 1.84. The van der Waals surface area contributed by atoms with Crippen molar-refractivity contribution in [3.05, 3.63) is 35.2 Å². The Labute approximate surface area is 104 Å². The highest BCUT2D eigenvalue weighted by Gasteiger charge is 2.34. The van der Waals surface area contributed by atoms with E-state index >= 15 is 0 Å². The predicted octanol–water partition coefficient (Wildman–Crippen LogP) is 2.86. The van der Waals surface area contributed by atoms with Crippen LogP contribution in [-0.4, -0.2) is 15.5 Å². The van der Waals surface area contributed by atoms with Gasteiger partial charge in [0.25, 0.3) is 10.0 Å². The molecular weight excluding hydrogens is 254 g/mol. The van der Waals surface area contributed by atoms with Crippen molar-refractivity contribution in [1.82, 2.24) is 0 Å². The normalized spacial score (nSPS) is 16.5. The molecule has 1 aromatic carbocycles. The van der Waals surface area contributed by atoms with Gasteiger partial charge in [0.2, 0.25) is 0 Å². The average molecular weight is 265 g/mol. The summed E-state index contributed by atoms with van der Waals surface area (Å²) in [5.41, 5.74) is 2.58. The maximum absolute atomic E-state index is 12.4. The zero-order valence-corrected chi connectivity index (χ0v) is 11.1. The highest BCUT2D eigenvalue weighted by Crippen LogP contribution is 2.46. The van der Waals surface area contributed by atoms with Gasteiger partial charge in [0.15, 0.2) is 0 Å². The minimum atomic E-state index is -3.38. The fraction of sp³-hybridized carbons (Fsp3) is 0.167. The molecule has 5 heteroatoms. The lowest BCUT2D eigenvalue weighted by molar-refractivity contribution is 0.594. The molecule has 0 aliphatic carbocycles. The van der Waals surface area contributed by atoms with Gasteiger partial charge in [-0.15, -0.1) is 11.3 Å². The molecule has 1 aliphatic heterocycles. The molecular formula is C12H11NO2S2. The molecule has 0 unspecified atom stereocenters. The lowest BCUT2D eigenvalue weighted by Crippen LogP contribution is -2.30. The molecule has 88 valence electrons. The summed E-state index contributed by atoms with van der Waals surface area (Å²) in [6.07, 6.45) is 0. The molecule has 0 spiro atoms. The first kappa shape index (κ1) is 10.8. The van der Waals surface area contributed by atoms with E-state index < -0.39 is 10.0 Å². The number of fused-ring (bicyclic) bond motifs is 3. The topological polar surface area (TPSA) is 37.4 Å². The summed E-state index contributed by atoms with van der Waals surface area (Å²) >= 11 is 1.49. The van der Waals surface area contributed by atoms with Crippen LogP contribution in [0.3, 0.4) is 0 Å². The number of thiophene rings is 1. The minimum absolute atomic E-state index is 0.462. The quantitative estimate of drug-likeness (QED) is 0.734. The molecule has 2 aromatic rings. The molecule has 0 saturated heterocycles. The molecule has 2 heterocycles. The number of sulfonamides is 1. The van der Waals surface area contributed by atoms with Gasteiger partial charge in [-0.3, -0.25) is 4.31 Å². The Hall–Kier alpha value is -1.33.